The molecule has 1 aromatic heterocycles. The van der Waals surface area contributed by atoms with Gasteiger partial charge in [0.15, 0.2) is 0 Å². The maximum Gasteiger partial charge on any atom is 0.322 e. The Balaban J connectivity index is 1.60. The van der Waals surface area contributed by atoms with E-state index in [-0.39, 0.29) is 6.03 Å². The second kappa shape index (κ2) is 5.96. The molecule has 3 aromatic rings. The van der Waals surface area contributed by atoms with Crippen LogP contribution in [0.25, 0.3) is 10.9 Å². The highest BCUT2D eigenvalue weighted by Crippen LogP contribution is 2.29. The highest BCUT2D eigenvalue weighted by Gasteiger charge is 2.22. The first-order chi connectivity index (χ1) is 12.0. The van der Waals surface area contributed by atoms with Crippen molar-refractivity contribution in [2.75, 3.05) is 11.9 Å². The van der Waals surface area contributed by atoms with Crippen molar-refractivity contribution in [2.45, 2.75) is 26.8 Å². The predicted molar refractivity (Wildman–Crippen MR) is 102 cm³/mol. The average molecular weight is 333 g/mol. The number of amides is 2. The number of aryl methyl sites for hydroxylation is 3. The van der Waals surface area contributed by atoms with Crippen LogP contribution < -0.4 is 5.32 Å². The number of nitrogens with one attached hydrogen (secondary N) is 1. The Bertz CT molecular complexity index is 971. The molecule has 4 heteroatoms. The molecular weight excluding hydrogens is 310 g/mol. The lowest BCUT2D eigenvalue weighted by molar-refractivity contribution is 0.210. The Labute approximate surface area is 148 Å². The highest BCUT2D eigenvalue weighted by molar-refractivity contribution is 5.92. The van der Waals surface area contributed by atoms with Crippen LogP contribution in [0.1, 0.15) is 22.3 Å². The van der Waals surface area contributed by atoms with E-state index in [2.05, 4.69) is 54.3 Å². The lowest BCUT2D eigenvalue weighted by atomic mass is 10.1. The summed E-state index contributed by atoms with van der Waals surface area (Å²) in [7, 11) is 2.09. The summed E-state index contributed by atoms with van der Waals surface area (Å²) in [5, 5.41) is 4.39. The molecule has 4 rings (SSSR count). The van der Waals surface area contributed by atoms with Gasteiger partial charge >= 0.3 is 6.03 Å². The van der Waals surface area contributed by atoms with Gasteiger partial charge < -0.3 is 14.8 Å². The van der Waals surface area contributed by atoms with Crippen LogP contribution in [0.3, 0.4) is 0 Å². The fraction of sp³-hybridized carbons (Fsp3) is 0.286. The number of carbonyl (C=O) groups excluding carboxylic acids is 1. The van der Waals surface area contributed by atoms with Crippen LogP contribution in [-0.2, 0) is 20.0 Å². The second-order valence-electron chi connectivity index (χ2n) is 7.00. The number of hydrogen-bond acceptors (Lipinski definition) is 1. The van der Waals surface area contributed by atoms with Crippen molar-refractivity contribution in [3.8, 4) is 0 Å². The Morgan fingerprint density at radius 1 is 1.12 bits per heavy atom. The zero-order valence-electron chi connectivity index (χ0n) is 15.0. The van der Waals surface area contributed by atoms with Crippen molar-refractivity contribution in [3.05, 3.63) is 64.8 Å². The topological polar surface area (TPSA) is 37.3 Å². The van der Waals surface area contributed by atoms with E-state index in [1.807, 2.05) is 24.0 Å². The first-order valence-electron chi connectivity index (χ1n) is 8.72. The number of carbonyl (C=O) groups is 1. The molecule has 2 amide bonds. The van der Waals surface area contributed by atoms with E-state index in [0.717, 1.165) is 24.2 Å². The van der Waals surface area contributed by atoms with Gasteiger partial charge in [0.2, 0.25) is 0 Å². The third-order valence-corrected chi connectivity index (χ3v) is 5.10. The Kier molecular flexibility index (Phi) is 3.75. The number of rotatable bonds is 1. The van der Waals surface area contributed by atoms with Crippen molar-refractivity contribution in [3.63, 3.8) is 0 Å². The number of anilines is 1. The van der Waals surface area contributed by atoms with E-state index in [9.17, 15) is 4.79 Å². The minimum Gasteiger partial charge on any atom is -0.350 e. The van der Waals surface area contributed by atoms with Crippen molar-refractivity contribution < 1.29 is 4.79 Å². The number of hydrogen-bond donors (Lipinski definition) is 1. The van der Waals surface area contributed by atoms with E-state index in [1.165, 1.54) is 27.6 Å². The van der Waals surface area contributed by atoms with Crippen LogP contribution in [0, 0.1) is 13.8 Å². The van der Waals surface area contributed by atoms with Gasteiger partial charge in [-0.1, -0.05) is 29.8 Å². The highest BCUT2D eigenvalue weighted by atomic mass is 16.2. The van der Waals surface area contributed by atoms with Gasteiger partial charge in [-0.3, -0.25) is 0 Å². The van der Waals surface area contributed by atoms with Crippen molar-refractivity contribution in [2.24, 2.45) is 7.05 Å². The fourth-order valence-electron chi connectivity index (χ4n) is 3.80. The summed E-state index contributed by atoms with van der Waals surface area (Å²) >= 11 is 0. The Morgan fingerprint density at radius 2 is 1.96 bits per heavy atom. The minimum atomic E-state index is -0.0292. The Morgan fingerprint density at radius 3 is 2.76 bits per heavy atom. The zero-order valence-corrected chi connectivity index (χ0v) is 15.0. The lowest BCUT2D eigenvalue weighted by Gasteiger charge is -2.22. The van der Waals surface area contributed by atoms with Crippen molar-refractivity contribution >= 4 is 22.6 Å². The van der Waals surface area contributed by atoms with Crippen LogP contribution >= 0.6 is 0 Å². The molecule has 0 aliphatic carbocycles. The smallest absolute Gasteiger partial charge is 0.322 e. The van der Waals surface area contributed by atoms with Crippen molar-refractivity contribution in [1.29, 1.82) is 0 Å². The molecule has 0 fully saturated rings. The molecule has 1 N–H and O–H groups in total. The molecule has 4 nitrogen and oxygen atoms in total. The molecule has 0 spiro atoms. The number of nitrogens with zero attached hydrogens (tertiary/aromatic N) is 2. The first kappa shape index (κ1) is 15.8. The van der Waals surface area contributed by atoms with Gasteiger partial charge in [0.05, 0.1) is 0 Å². The van der Waals surface area contributed by atoms with Gasteiger partial charge in [-0.2, -0.15) is 0 Å². The van der Waals surface area contributed by atoms with E-state index in [1.54, 1.807) is 0 Å². The second-order valence-corrected chi connectivity index (χ2v) is 7.00. The summed E-state index contributed by atoms with van der Waals surface area (Å²) in [4.78, 5) is 14.7. The molecule has 0 saturated heterocycles. The Hall–Kier alpha value is -2.75. The maximum absolute atomic E-state index is 12.8. The van der Waals surface area contributed by atoms with Crippen LogP contribution in [0.15, 0.2) is 42.6 Å². The van der Waals surface area contributed by atoms with Crippen LogP contribution in [0.5, 0.6) is 0 Å². The molecular formula is C21H23N3O. The molecule has 2 heterocycles. The predicted octanol–water partition coefficient (Wildman–Crippen LogP) is 4.39. The monoisotopic (exact) mass is 333 g/mol. The van der Waals surface area contributed by atoms with Gasteiger partial charge in [-0.25, -0.2) is 4.79 Å². The van der Waals surface area contributed by atoms with Crippen LogP contribution in [-0.4, -0.2) is 22.0 Å². The van der Waals surface area contributed by atoms with Crippen LogP contribution in [0.4, 0.5) is 10.5 Å². The van der Waals surface area contributed by atoms with Gasteiger partial charge in [0.1, 0.15) is 0 Å². The standard InChI is InChI=1S/C21H23N3O/c1-14-7-8-18(15(2)11-14)22-21(25)24-10-9-17-12-23(3)19-6-4-5-16(13-24)20(17)19/h4-8,11-12H,9-10,13H2,1-3H3,(H,22,25). The third kappa shape index (κ3) is 2.78. The summed E-state index contributed by atoms with van der Waals surface area (Å²) in [6.07, 6.45) is 3.08. The SMILES string of the molecule is Cc1ccc(NC(=O)N2CCc3cn(C)c4cccc(c34)C2)c(C)c1. The minimum absolute atomic E-state index is 0.0292. The van der Waals surface area contributed by atoms with Gasteiger partial charge in [-0.05, 0) is 49.1 Å². The molecule has 2 aromatic carbocycles. The first-order valence-corrected chi connectivity index (χ1v) is 8.72. The molecule has 1 aliphatic rings. The largest absolute Gasteiger partial charge is 0.350 e. The number of aromatic nitrogens is 1. The number of urea groups is 1. The normalized spacial score (nSPS) is 13.8. The summed E-state index contributed by atoms with van der Waals surface area (Å²) in [5.74, 6) is 0. The van der Waals surface area contributed by atoms with Gasteiger partial charge in [0.25, 0.3) is 0 Å². The molecule has 0 atom stereocenters. The molecule has 0 unspecified atom stereocenters. The van der Waals surface area contributed by atoms with Gasteiger partial charge in [0, 0.05) is 42.9 Å². The van der Waals surface area contributed by atoms with E-state index in [0.29, 0.717) is 6.54 Å². The molecule has 25 heavy (non-hydrogen) atoms. The maximum atomic E-state index is 12.8. The zero-order chi connectivity index (χ0) is 17.6. The van der Waals surface area contributed by atoms with Crippen molar-refractivity contribution in [1.82, 2.24) is 9.47 Å². The quantitative estimate of drug-likeness (QED) is 0.705. The van der Waals surface area contributed by atoms with E-state index >= 15 is 0 Å². The summed E-state index contributed by atoms with van der Waals surface area (Å²) < 4.78 is 2.18. The van der Waals surface area contributed by atoms with E-state index < -0.39 is 0 Å². The molecule has 128 valence electrons. The van der Waals surface area contributed by atoms with Gasteiger partial charge in [-0.15, -0.1) is 0 Å². The summed E-state index contributed by atoms with van der Waals surface area (Å²) in [6, 6.07) is 12.4. The summed E-state index contributed by atoms with van der Waals surface area (Å²) in [6.45, 7) is 5.46. The lowest BCUT2D eigenvalue weighted by Crippen LogP contribution is -2.35. The molecule has 0 bridgehead atoms. The average Bonchev–Trinajstić information content (AvgIpc) is 2.79. The van der Waals surface area contributed by atoms with Crippen LogP contribution in [0.2, 0.25) is 0 Å². The fourth-order valence-corrected chi connectivity index (χ4v) is 3.80. The molecule has 0 radical (unpaired) electrons. The third-order valence-electron chi connectivity index (χ3n) is 5.10. The molecule has 1 aliphatic heterocycles. The van der Waals surface area contributed by atoms with E-state index in [4.69, 9.17) is 0 Å². The summed E-state index contributed by atoms with van der Waals surface area (Å²) in [5.41, 5.74) is 6.97. The molecule has 0 saturated carbocycles. The number of benzene rings is 2.